The Bertz CT molecular complexity index is 1080. The normalized spacial score (nSPS) is 14.5. The van der Waals surface area contributed by atoms with Crippen molar-refractivity contribution >= 4 is 0 Å². The van der Waals surface area contributed by atoms with Crippen LogP contribution in [0.4, 0.5) is 0 Å². The van der Waals surface area contributed by atoms with Crippen LogP contribution in [0.2, 0.25) is 0 Å². The molecule has 1 heterocycles. The molecule has 0 unspecified atom stereocenters. The van der Waals surface area contributed by atoms with E-state index in [-0.39, 0.29) is 0 Å². The van der Waals surface area contributed by atoms with Crippen molar-refractivity contribution in [3.8, 4) is 28.6 Å². The molecular formula is C28H37N3O4. The van der Waals surface area contributed by atoms with E-state index in [1.807, 2.05) is 49.5 Å². The van der Waals surface area contributed by atoms with E-state index in [4.69, 9.17) is 19.3 Å². The van der Waals surface area contributed by atoms with Crippen molar-refractivity contribution in [3.05, 3.63) is 60.2 Å². The van der Waals surface area contributed by atoms with Crippen LogP contribution < -0.4 is 9.47 Å². The van der Waals surface area contributed by atoms with Crippen LogP contribution in [0.5, 0.6) is 17.4 Å². The van der Waals surface area contributed by atoms with Gasteiger partial charge in [-0.25, -0.2) is 4.68 Å². The Morgan fingerprint density at radius 2 is 1.80 bits per heavy atom. The fourth-order valence-electron chi connectivity index (χ4n) is 4.18. The number of aliphatic hydroxyl groups excluding tert-OH is 1. The molecule has 0 spiro atoms. The Hall–Kier alpha value is -2.87. The lowest BCUT2D eigenvalue weighted by Crippen LogP contribution is -2.36. The quantitative estimate of drug-likeness (QED) is 0.377. The molecule has 1 atom stereocenters. The monoisotopic (exact) mass is 479 g/mol. The minimum Gasteiger partial charge on any atom is -0.497 e. The lowest BCUT2D eigenvalue weighted by Gasteiger charge is -2.25. The molecule has 1 aliphatic carbocycles. The van der Waals surface area contributed by atoms with Crippen LogP contribution in [0.1, 0.15) is 32.3 Å². The average Bonchev–Trinajstić information content (AvgIpc) is 3.65. The van der Waals surface area contributed by atoms with E-state index in [0.29, 0.717) is 49.9 Å². The molecule has 3 aromatic rings. The van der Waals surface area contributed by atoms with Gasteiger partial charge >= 0.3 is 0 Å². The van der Waals surface area contributed by atoms with Gasteiger partial charge in [-0.3, -0.25) is 4.90 Å². The standard InChI is InChI=1S/C28H37N3O4/c1-20(2)18-34-19-23(32)16-31(22-13-14-22)17-26-27(21-9-6-5-7-10-21)29-30(3)28(26)35-25-12-8-11-24(15-25)33-4/h5-12,15,20,22-23,32H,13-14,16-19H2,1-4H3/t23-/m1/s1. The molecule has 0 aliphatic heterocycles. The summed E-state index contributed by atoms with van der Waals surface area (Å²) in [5, 5.41) is 15.6. The summed E-state index contributed by atoms with van der Waals surface area (Å²) in [5.74, 6) is 2.56. The summed E-state index contributed by atoms with van der Waals surface area (Å²) in [6.45, 7) is 6.39. The number of methoxy groups -OCH3 is 1. The Morgan fingerprint density at radius 3 is 2.49 bits per heavy atom. The summed E-state index contributed by atoms with van der Waals surface area (Å²) in [6, 6.07) is 18.2. The van der Waals surface area contributed by atoms with E-state index in [9.17, 15) is 5.11 Å². The smallest absolute Gasteiger partial charge is 0.222 e. The number of hydrogen-bond donors (Lipinski definition) is 1. The molecule has 0 saturated heterocycles. The molecule has 4 rings (SSSR count). The summed E-state index contributed by atoms with van der Waals surface area (Å²) < 4.78 is 19.3. The average molecular weight is 480 g/mol. The Labute approximate surface area is 208 Å². The summed E-state index contributed by atoms with van der Waals surface area (Å²) in [5.41, 5.74) is 2.93. The first-order chi connectivity index (χ1) is 16.9. The zero-order chi connectivity index (χ0) is 24.8. The maximum atomic E-state index is 10.7. The molecule has 2 aromatic carbocycles. The number of ether oxygens (including phenoxy) is 3. The van der Waals surface area contributed by atoms with Crippen molar-refractivity contribution in [1.29, 1.82) is 0 Å². The maximum absolute atomic E-state index is 10.7. The van der Waals surface area contributed by atoms with Crippen LogP contribution in [-0.2, 0) is 18.3 Å². The predicted molar refractivity (Wildman–Crippen MR) is 137 cm³/mol. The highest BCUT2D eigenvalue weighted by atomic mass is 16.5. The van der Waals surface area contributed by atoms with Crippen LogP contribution in [-0.4, -0.2) is 58.8 Å². The third-order valence-electron chi connectivity index (χ3n) is 6.02. The van der Waals surface area contributed by atoms with E-state index in [0.717, 1.165) is 35.4 Å². The topological polar surface area (TPSA) is 69.0 Å². The first-order valence-electron chi connectivity index (χ1n) is 12.4. The summed E-state index contributed by atoms with van der Waals surface area (Å²) >= 11 is 0. The number of benzene rings is 2. The van der Waals surface area contributed by atoms with Crippen LogP contribution in [0.15, 0.2) is 54.6 Å². The fraction of sp³-hybridized carbons (Fsp3) is 0.464. The maximum Gasteiger partial charge on any atom is 0.222 e. The SMILES string of the molecule is COc1cccc(Oc2c(CN(C[C@@H](O)COCC(C)C)C3CC3)c(-c3ccccc3)nn2C)c1. The number of aromatic nitrogens is 2. The van der Waals surface area contributed by atoms with Gasteiger partial charge in [-0.2, -0.15) is 5.10 Å². The number of rotatable bonds is 13. The largest absolute Gasteiger partial charge is 0.497 e. The van der Waals surface area contributed by atoms with Gasteiger partial charge in [-0.05, 0) is 30.9 Å². The highest BCUT2D eigenvalue weighted by Crippen LogP contribution is 2.37. The molecule has 0 amide bonds. The highest BCUT2D eigenvalue weighted by molar-refractivity contribution is 5.65. The van der Waals surface area contributed by atoms with Crippen molar-refractivity contribution in [2.75, 3.05) is 26.9 Å². The molecule has 7 heteroatoms. The zero-order valence-corrected chi connectivity index (χ0v) is 21.2. The molecule has 1 fully saturated rings. The van der Waals surface area contributed by atoms with E-state index in [1.54, 1.807) is 11.8 Å². The number of hydrogen-bond acceptors (Lipinski definition) is 6. The molecule has 1 N–H and O–H groups in total. The minimum absolute atomic E-state index is 0.340. The first-order valence-corrected chi connectivity index (χ1v) is 12.4. The molecule has 7 nitrogen and oxygen atoms in total. The van der Waals surface area contributed by atoms with Crippen molar-refractivity contribution in [3.63, 3.8) is 0 Å². The first kappa shape index (κ1) is 25.2. The second-order valence-corrected chi connectivity index (χ2v) is 9.65. The van der Waals surface area contributed by atoms with Gasteiger partial charge in [0.2, 0.25) is 5.88 Å². The number of nitrogens with zero attached hydrogens (tertiary/aromatic N) is 3. The zero-order valence-electron chi connectivity index (χ0n) is 21.2. The summed E-state index contributed by atoms with van der Waals surface area (Å²) in [7, 11) is 3.55. The van der Waals surface area contributed by atoms with E-state index >= 15 is 0 Å². The summed E-state index contributed by atoms with van der Waals surface area (Å²) in [4.78, 5) is 2.34. The van der Waals surface area contributed by atoms with Gasteiger partial charge in [0.25, 0.3) is 0 Å². The highest BCUT2D eigenvalue weighted by Gasteiger charge is 2.33. The second kappa shape index (κ2) is 11.7. The van der Waals surface area contributed by atoms with Crippen molar-refractivity contribution in [2.45, 2.75) is 45.4 Å². The van der Waals surface area contributed by atoms with Gasteiger partial charge < -0.3 is 19.3 Å². The van der Waals surface area contributed by atoms with Gasteiger partial charge in [0.05, 0.1) is 25.4 Å². The lowest BCUT2D eigenvalue weighted by atomic mass is 10.1. The van der Waals surface area contributed by atoms with E-state index < -0.39 is 6.10 Å². The molecular weight excluding hydrogens is 442 g/mol. The molecule has 188 valence electrons. The third kappa shape index (κ3) is 6.84. The second-order valence-electron chi connectivity index (χ2n) is 9.65. The van der Waals surface area contributed by atoms with Gasteiger partial charge in [0, 0.05) is 44.4 Å². The van der Waals surface area contributed by atoms with Crippen LogP contribution in [0.25, 0.3) is 11.3 Å². The fourth-order valence-corrected chi connectivity index (χ4v) is 4.18. The molecule has 1 aliphatic rings. The van der Waals surface area contributed by atoms with Crippen molar-refractivity contribution < 1.29 is 19.3 Å². The predicted octanol–water partition coefficient (Wildman–Crippen LogP) is 4.89. The Balaban J connectivity index is 1.61. The van der Waals surface area contributed by atoms with Gasteiger partial charge in [-0.15, -0.1) is 0 Å². The number of aliphatic hydroxyl groups is 1. The Morgan fingerprint density at radius 1 is 1.06 bits per heavy atom. The van der Waals surface area contributed by atoms with Crippen molar-refractivity contribution in [1.82, 2.24) is 14.7 Å². The molecule has 1 saturated carbocycles. The molecule has 35 heavy (non-hydrogen) atoms. The number of aryl methyl sites for hydroxylation is 1. The van der Waals surface area contributed by atoms with Crippen LogP contribution >= 0.6 is 0 Å². The Kier molecular flexibility index (Phi) is 8.44. The molecule has 1 aromatic heterocycles. The lowest BCUT2D eigenvalue weighted by molar-refractivity contribution is 0.00541. The minimum atomic E-state index is -0.547. The van der Waals surface area contributed by atoms with Gasteiger partial charge in [0.1, 0.15) is 17.2 Å². The summed E-state index contributed by atoms with van der Waals surface area (Å²) in [6.07, 6.45) is 1.72. The molecule has 0 bridgehead atoms. The van der Waals surface area contributed by atoms with Crippen LogP contribution in [0.3, 0.4) is 0 Å². The van der Waals surface area contributed by atoms with E-state index in [2.05, 4.69) is 30.9 Å². The van der Waals surface area contributed by atoms with E-state index in [1.165, 1.54) is 0 Å². The van der Waals surface area contributed by atoms with Gasteiger partial charge in [-0.1, -0.05) is 50.2 Å². The molecule has 0 radical (unpaired) electrons. The van der Waals surface area contributed by atoms with Crippen molar-refractivity contribution in [2.24, 2.45) is 13.0 Å². The van der Waals surface area contributed by atoms with Gasteiger partial charge in [0.15, 0.2) is 0 Å². The van der Waals surface area contributed by atoms with Crippen LogP contribution in [0, 0.1) is 5.92 Å². The third-order valence-corrected chi connectivity index (χ3v) is 6.02.